The normalized spacial score (nSPS) is 17.2. The molecule has 1 amide bonds. The summed E-state index contributed by atoms with van der Waals surface area (Å²) in [6.45, 7) is 0.822. The fraction of sp³-hybridized carbons (Fsp3) is 0.167. The van der Waals surface area contributed by atoms with E-state index in [9.17, 15) is 4.79 Å². The van der Waals surface area contributed by atoms with Crippen molar-refractivity contribution in [3.05, 3.63) is 65.9 Å². The quantitative estimate of drug-likeness (QED) is 0.680. The fourth-order valence-corrected chi connectivity index (χ4v) is 3.12. The number of hydrogen-bond acceptors (Lipinski definition) is 2. The van der Waals surface area contributed by atoms with Gasteiger partial charge in [-0.15, -0.1) is 0 Å². The number of H-pyrrole nitrogens is 1. The number of carbonyl (C=O) groups is 1. The molecule has 1 unspecified atom stereocenters. The molecule has 4 rings (SSSR count). The largest absolute Gasteiger partial charge is 0.359 e. The highest BCUT2D eigenvalue weighted by atomic mass is 16.2. The number of fused-ring (bicyclic) bond motifs is 2. The van der Waals surface area contributed by atoms with Crippen molar-refractivity contribution in [1.29, 1.82) is 0 Å². The van der Waals surface area contributed by atoms with Crippen LogP contribution in [0.4, 0.5) is 5.69 Å². The van der Waals surface area contributed by atoms with E-state index in [1.54, 1.807) is 0 Å². The number of aromatic nitrogens is 1. The number of benzene rings is 2. The van der Waals surface area contributed by atoms with E-state index in [2.05, 4.69) is 21.7 Å². The molecule has 2 aromatic carbocycles. The number of hydrogen-bond donors (Lipinski definition) is 3. The van der Waals surface area contributed by atoms with Crippen LogP contribution in [-0.2, 0) is 11.2 Å². The molecule has 0 bridgehead atoms. The summed E-state index contributed by atoms with van der Waals surface area (Å²) < 4.78 is 0. The summed E-state index contributed by atoms with van der Waals surface area (Å²) in [5, 5.41) is 7.38. The van der Waals surface area contributed by atoms with Crippen LogP contribution in [0.2, 0.25) is 0 Å². The zero-order chi connectivity index (χ0) is 14.9. The Morgan fingerprint density at radius 2 is 1.91 bits per heavy atom. The molecule has 1 aromatic heterocycles. The lowest BCUT2D eigenvalue weighted by atomic mass is 9.94. The number of carbonyl (C=O) groups excluding carboxylic acids is 1. The summed E-state index contributed by atoms with van der Waals surface area (Å²) in [6.07, 6.45) is 2.81. The molecule has 2 heterocycles. The van der Waals surface area contributed by atoms with Crippen molar-refractivity contribution in [2.24, 2.45) is 0 Å². The average molecular weight is 291 g/mol. The highest BCUT2D eigenvalue weighted by Crippen LogP contribution is 2.26. The van der Waals surface area contributed by atoms with Gasteiger partial charge in [0.05, 0.1) is 5.69 Å². The summed E-state index contributed by atoms with van der Waals surface area (Å²) in [4.78, 5) is 15.9. The van der Waals surface area contributed by atoms with Gasteiger partial charge in [-0.1, -0.05) is 42.5 Å². The second-order valence-corrected chi connectivity index (χ2v) is 5.57. The Morgan fingerprint density at radius 1 is 1.09 bits per heavy atom. The van der Waals surface area contributed by atoms with Gasteiger partial charge in [0.15, 0.2) is 0 Å². The van der Waals surface area contributed by atoms with Crippen molar-refractivity contribution in [2.75, 3.05) is 11.9 Å². The third-order valence-corrected chi connectivity index (χ3v) is 4.22. The van der Waals surface area contributed by atoms with Crippen LogP contribution in [0.1, 0.15) is 17.2 Å². The Balaban J connectivity index is 1.63. The molecule has 0 saturated heterocycles. The van der Waals surface area contributed by atoms with Gasteiger partial charge >= 0.3 is 0 Å². The van der Waals surface area contributed by atoms with Crippen LogP contribution in [-0.4, -0.2) is 17.4 Å². The van der Waals surface area contributed by atoms with Crippen LogP contribution in [0, 0.1) is 0 Å². The lowest BCUT2D eigenvalue weighted by Gasteiger charge is -2.25. The van der Waals surface area contributed by atoms with Gasteiger partial charge in [-0.05, 0) is 23.6 Å². The maximum atomic E-state index is 12.7. The van der Waals surface area contributed by atoms with Gasteiger partial charge in [0.2, 0.25) is 5.91 Å². The maximum absolute atomic E-state index is 12.7. The van der Waals surface area contributed by atoms with E-state index in [1.165, 1.54) is 5.56 Å². The minimum Gasteiger partial charge on any atom is -0.359 e. The summed E-state index contributed by atoms with van der Waals surface area (Å²) >= 11 is 0. The lowest BCUT2D eigenvalue weighted by molar-refractivity contribution is -0.118. The van der Waals surface area contributed by atoms with Crippen molar-refractivity contribution < 1.29 is 4.79 Å². The molecular formula is C18H17N3O. The smallest absolute Gasteiger partial charge is 0.246 e. The molecule has 0 spiro atoms. The number of aromatic amines is 1. The molecular weight excluding hydrogens is 274 g/mol. The van der Waals surface area contributed by atoms with Gasteiger partial charge in [0.1, 0.15) is 6.04 Å². The van der Waals surface area contributed by atoms with Crippen LogP contribution in [0.25, 0.3) is 10.9 Å². The fourth-order valence-electron chi connectivity index (χ4n) is 3.12. The molecule has 4 nitrogen and oxygen atoms in total. The third-order valence-electron chi connectivity index (χ3n) is 4.22. The summed E-state index contributed by atoms with van der Waals surface area (Å²) in [5.74, 6) is -0.0168. The molecule has 110 valence electrons. The number of anilines is 1. The van der Waals surface area contributed by atoms with E-state index in [0.29, 0.717) is 0 Å². The number of para-hydroxylation sites is 1. The zero-order valence-electron chi connectivity index (χ0n) is 12.1. The monoisotopic (exact) mass is 291 g/mol. The lowest BCUT2D eigenvalue weighted by Crippen LogP contribution is -2.38. The SMILES string of the molecule is O=C(Nc1c[nH]c2ccccc12)C1NCCc2ccccc21. The van der Waals surface area contributed by atoms with E-state index in [0.717, 1.165) is 35.1 Å². The van der Waals surface area contributed by atoms with E-state index < -0.39 is 0 Å². The Kier molecular flexibility index (Phi) is 3.16. The summed E-state index contributed by atoms with van der Waals surface area (Å²) in [6, 6.07) is 15.8. The molecule has 0 saturated carbocycles. The molecule has 3 aromatic rings. The molecule has 1 atom stereocenters. The van der Waals surface area contributed by atoms with Crippen LogP contribution in [0.15, 0.2) is 54.7 Å². The highest BCUT2D eigenvalue weighted by molar-refractivity contribution is 6.03. The van der Waals surface area contributed by atoms with Crippen molar-refractivity contribution in [3.8, 4) is 0 Å². The van der Waals surface area contributed by atoms with E-state index in [1.807, 2.05) is 48.7 Å². The first kappa shape index (κ1) is 13.1. The first-order chi connectivity index (χ1) is 10.8. The maximum Gasteiger partial charge on any atom is 0.246 e. The minimum atomic E-state index is -0.293. The van der Waals surface area contributed by atoms with Crippen LogP contribution in [0.5, 0.6) is 0 Å². The standard InChI is InChI=1S/C18H17N3O/c22-18(17-13-6-2-1-5-12(13)9-10-19-17)21-16-11-20-15-8-4-3-7-14(15)16/h1-8,11,17,19-20H,9-10H2,(H,21,22). The second kappa shape index (κ2) is 5.31. The summed E-state index contributed by atoms with van der Waals surface area (Å²) in [5.41, 5.74) is 4.17. The van der Waals surface area contributed by atoms with Crippen molar-refractivity contribution >= 4 is 22.5 Å². The Bertz CT molecular complexity index is 837. The molecule has 4 heteroatoms. The van der Waals surface area contributed by atoms with Crippen molar-refractivity contribution in [1.82, 2.24) is 10.3 Å². The van der Waals surface area contributed by atoms with Crippen molar-refractivity contribution in [2.45, 2.75) is 12.5 Å². The topological polar surface area (TPSA) is 56.9 Å². The van der Waals surface area contributed by atoms with Crippen LogP contribution in [0.3, 0.4) is 0 Å². The van der Waals surface area contributed by atoms with Crippen molar-refractivity contribution in [3.63, 3.8) is 0 Å². The van der Waals surface area contributed by atoms with Gasteiger partial charge in [0, 0.05) is 23.6 Å². The predicted molar refractivity (Wildman–Crippen MR) is 87.8 cm³/mol. The highest BCUT2D eigenvalue weighted by Gasteiger charge is 2.26. The molecule has 22 heavy (non-hydrogen) atoms. The number of nitrogens with one attached hydrogen (secondary N) is 3. The molecule has 1 aliphatic rings. The second-order valence-electron chi connectivity index (χ2n) is 5.57. The Hall–Kier alpha value is -2.59. The number of rotatable bonds is 2. The van der Waals surface area contributed by atoms with E-state index in [4.69, 9.17) is 0 Å². The van der Waals surface area contributed by atoms with Gasteiger partial charge in [0.25, 0.3) is 0 Å². The zero-order valence-corrected chi connectivity index (χ0v) is 12.1. The first-order valence-electron chi connectivity index (χ1n) is 7.51. The van der Waals surface area contributed by atoms with Crippen LogP contribution < -0.4 is 10.6 Å². The molecule has 0 radical (unpaired) electrons. The third kappa shape index (κ3) is 2.18. The van der Waals surface area contributed by atoms with Crippen LogP contribution >= 0.6 is 0 Å². The average Bonchev–Trinajstić information content (AvgIpc) is 2.97. The van der Waals surface area contributed by atoms with Gasteiger partial charge in [-0.3, -0.25) is 4.79 Å². The molecule has 0 fully saturated rings. The summed E-state index contributed by atoms with van der Waals surface area (Å²) in [7, 11) is 0. The molecule has 1 aliphatic heterocycles. The van der Waals surface area contributed by atoms with Gasteiger partial charge in [-0.2, -0.15) is 0 Å². The molecule has 3 N–H and O–H groups in total. The molecule has 0 aliphatic carbocycles. The minimum absolute atomic E-state index is 0.0168. The van der Waals surface area contributed by atoms with Gasteiger partial charge < -0.3 is 15.6 Å². The predicted octanol–water partition coefficient (Wildman–Crippen LogP) is 2.99. The first-order valence-corrected chi connectivity index (χ1v) is 7.51. The van der Waals surface area contributed by atoms with E-state index in [-0.39, 0.29) is 11.9 Å². The van der Waals surface area contributed by atoms with E-state index >= 15 is 0 Å². The number of amides is 1. The Labute approximate surface area is 128 Å². The Morgan fingerprint density at radius 3 is 2.86 bits per heavy atom. The van der Waals surface area contributed by atoms with Gasteiger partial charge in [-0.25, -0.2) is 0 Å².